The molecule has 1 saturated heterocycles. The lowest BCUT2D eigenvalue weighted by Crippen LogP contribution is -2.29. The van der Waals surface area contributed by atoms with E-state index in [4.69, 9.17) is 9.47 Å². The monoisotopic (exact) mass is 336 g/mol. The molecule has 1 aliphatic rings. The largest absolute Gasteiger partial charge is 0.463 e. The molecule has 0 saturated carbocycles. The number of thioether (sulfide) groups is 1. The van der Waals surface area contributed by atoms with Gasteiger partial charge in [0.1, 0.15) is 6.61 Å². The van der Waals surface area contributed by atoms with Crippen molar-refractivity contribution in [2.24, 2.45) is 0 Å². The van der Waals surface area contributed by atoms with Gasteiger partial charge in [-0.3, -0.25) is 9.78 Å². The molecule has 1 aromatic rings. The van der Waals surface area contributed by atoms with Crippen molar-refractivity contribution in [2.45, 2.75) is 6.92 Å². The Balaban J connectivity index is 1.89. The van der Waals surface area contributed by atoms with E-state index >= 15 is 0 Å². The first-order valence-electron chi connectivity index (χ1n) is 7.00. The van der Waals surface area contributed by atoms with Crippen LogP contribution >= 0.6 is 11.8 Å². The molecule has 1 aliphatic heterocycles. The molecule has 23 heavy (non-hydrogen) atoms. The van der Waals surface area contributed by atoms with E-state index in [2.05, 4.69) is 4.98 Å². The van der Waals surface area contributed by atoms with Crippen LogP contribution in [0, 0.1) is 0 Å². The number of nitrogens with zero attached hydrogens (tertiary/aromatic N) is 2. The van der Waals surface area contributed by atoms with Crippen molar-refractivity contribution in [2.75, 3.05) is 25.5 Å². The molecule has 0 atom stereocenters. The van der Waals surface area contributed by atoms with Gasteiger partial charge in [-0.2, -0.15) is 0 Å². The third-order valence-electron chi connectivity index (χ3n) is 2.90. The number of hydrogen-bond acceptors (Lipinski definition) is 7. The predicted octanol–water partition coefficient (Wildman–Crippen LogP) is 1.22. The second-order valence-corrected chi connectivity index (χ2v) is 5.44. The van der Waals surface area contributed by atoms with Gasteiger partial charge in [-0.1, -0.05) is 11.8 Å². The molecule has 7 nitrogen and oxygen atoms in total. The van der Waals surface area contributed by atoms with Gasteiger partial charge in [0, 0.05) is 12.4 Å². The summed E-state index contributed by atoms with van der Waals surface area (Å²) in [5.74, 6) is -0.861. The van der Waals surface area contributed by atoms with Crippen molar-refractivity contribution < 1.29 is 23.9 Å². The quantitative estimate of drug-likeness (QED) is 0.570. The smallest absolute Gasteiger partial charge is 0.338 e. The molecule has 0 aromatic carbocycles. The molecule has 1 aromatic heterocycles. The van der Waals surface area contributed by atoms with Crippen LogP contribution in [0.15, 0.2) is 35.6 Å². The Bertz CT molecular complexity index is 618. The summed E-state index contributed by atoms with van der Waals surface area (Å²) in [5.41, 5.74) is 0.393. The number of rotatable bonds is 6. The number of carbonyl (C=O) groups is 3. The lowest BCUT2D eigenvalue weighted by Gasteiger charge is -2.16. The number of esters is 2. The van der Waals surface area contributed by atoms with Crippen LogP contribution in [0.1, 0.15) is 17.3 Å². The standard InChI is InChI=1S/C15H16N2O5S/c1-2-21-14(19)9-13-17(12(18)10-23-13)7-8-22-15(20)11-3-5-16-6-4-11/h3-6,9H,2,7-8,10H2,1H3/b13-9-. The van der Waals surface area contributed by atoms with Crippen LogP contribution in [0.3, 0.4) is 0 Å². The first-order chi connectivity index (χ1) is 11.1. The van der Waals surface area contributed by atoms with Crippen LogP contribution in [0.2, 0.25) is 0 Å². The SMILES string of the molecule is CCOC(=O)/C=C1\SCC(=O)N1CCOC(=O)c1ccncc1. The van der Waals surface area contributed by atoms with Crippen LogP contribution in [0.25, 0.3) is 0 Å². The topological polar surface area (TPSA) is 85.8 Å². The van der Waals surface area contributed by atoms with Crippen LogP contribution in [-0.4, -0.2) is 53.2 Å². The highest BCUT2D eigenvalue weighted by Gasteiger charge is 2.27. The summed E-state index contributed by atoms with van der Waals surface area (Å²) in [5, 5.41) is 0.508. The number of aromatic nitrogens is 1. The Hall–Kier alpha value is -2.35. The lowest BCUT2D eigenvalue weighted by molar-refractivity contribution is -0.137. The molecule has 2 heterocycles. The fourth-order valence-electron chi connectivity index (χ4n) is 1.85. The molecule has 0 aliphatic carbocycles. The Morgan fingerprint density at radius 1 is 1.35 bits per heavy atom. The van der Waals surface area contributed by atoms with E-state index in [0.29, 0.717) is 10.6 Å². The van der Waals surface area contributed by atoms with Gasteiger partial charge < -0.3 is 14.4 Å². The van der Waals surface area contributed by atoms with Crippen molar-refractivity contribution in [3.05, 3.63) is 41.2 Å². The molecular formula is C15H16N2O5S. The number of ether oxygens (including phenoxy) is 2. The van der Waals surface area contributed by atoms with Crippen molar-refractivity contribution in [1.29, 1.82) is 0 Å². The summed E-state index contributed by atoms with van der Waals surface area (Å²) in [6, 6.07) is 3.09. The summed E-state index contributed by atoms with van der Waals surface area (Å²) in [6.07, 6.45) is 4.28. The Morgan fingerprint density at radius 2 is 2.09 bits per heavy atom. The molecule has 1 amide bonds. The second kappa shape index (κ2) is 8.33. The third kappa shape index (κ3) is 4.82. The molecule has 0 N–H and O–H groups in total. The van der Waals surface area contributed by atoms with Crippen molar-refractivity contribution in [1.82, 2.24) is 9.88 Å². The zero-order valence-electron chi connectivity index (χ0n) is 12.6. The second-order valence-electron chi connectivity index (χ2n) is 4.44. The highest BCUT2D eigenvalue weighted by atomic mass is 32.2. The lowest BCUT2D eigenvalue weighted by atomic mass is 10.3. The van der Waals surface area contributed by atoms with Gasteiger partial charge in [0.25, 0.3) is 0 Å². The number of hydrogen-bond donors (Lipinski definition) is 0. The molecule has 0 bridgehead atoms. The number of carbonyl (C=O) groups excluding carboxylic acids is 3. The minimum Gasteiger partial charge on any atom is -0.463 e. The van der Waals surface area contributed by atoms with Gasteiger partial charge in [-0.25, -0.2) is 9.59 Å². The highest BCUT2D eigenvalue weighted by Crippen LogP contribution is 2.28. The first kappa shape index (κ1) is 17.0. The molecular weight excluding hydrogens is 320 g/mol. The Kier molecular flexibility index (Phi) is 6.16. The fraction of sp³-hybridized carbons (Fsp3) is 0.333. The summed E-state index contributed by atoms with van der Waals surface area (Å²) in [7, 11) is 0. The van der Waals surface area contributed by atoms with Gasteiger partial charge in [0.15, 0.2) is 0 Å². The molecule has 2 rings (SSSR count). The third-order valence-corrected chi connectivity index (χ3v) is 3.93. The van der Waals surface area contributed by atoms with Crippen LogP contribution in [0.5, 0.6) is 0 Å². The van der Waals surface area contributed by atoms with E-state index in [9.17, 15) is 14.4 Å². The van der Waals surface area contributed by atoms with Crippen molar-refractivity contribution in [3.63, 3.8) is 0 Å². The molecule has 8 heteroatoms. The van der Waals surface area contributed by atoms with Crippen molar-refractivity contribution >= 4 is 29.6 Å². The van der Waals surface area contributed by atoms with Crippen molar-refractivity contribution in [3.8, 4) is 0 Å². The summed E-state index contributed by atoms with van der Waals surface area (Å²) in [4.78, 5) is 40.3. The van der Waals surface area contributed by atoms with Gasteiger partial charge >= 0.3 is 11.9 Å². The van der Waals surface area contributed by atoms with E-state index in [0.717, 1.165) is 0 Å². The maximum atomic E-state index is 11.8. The highest BCUT2D eigenvalue weighted by molar-refractivity contribution is 8.04. The maximum absolute atomic E-state index is 11.8. The molecule has 122 valence electrons. The number of amides is 1. The average molecular weight is 336 g/mol. The normalized spacial score (nSPS) is 15.8. The van der Waals surface area contributed by atoms with E-state index in [1.54, 1.807) is 19.1 Å². The number of pyridine rings is 1. The maximum Gasteiger partial charge on any atom is 0.338 e. The summed E-state index contributed by atoms with van der Waals surface area (Å²) >= 11 is 1.26. The van der Waals surface area contributed by atoms with Crippen LogP contribution in [0.4, 0.5) is 0 Å². The van der Waals surface area contributed by atoms with Crippen LogP contribution < -0.4 is 0 Å². The first-order valence-corrected chi connectivity index (χ1v) is 7.99. The van der Waals surface area contributed by atoms with Gasteiger partial charge in [-0.05, 0) is 19.1 Å². The fourth-order valence-corrected chi connectivity index (χ4v) is 2.81. The molecule has 0 radical (unpaired) electrons. The zero-order chi connectivity index (χ0) is 16.7. The van der Waals surface area contributed by atoms with Gasteiger partial charge in [0.05, 0.1) is 35.6 Å². The Labute approximate surface area is 137 Å². The van der Waals surface area contributed by atoms with E-state index in [-0.39, 0.29) is 31.4 Å². The van der Waals surface area contributed by atoms with Gasteiger partial charge in [0.2, 0.25) is 5.91 Å². The van der Waals surface area contributed by atoms with Crippen LogP contribution in [-0.2, 0) is 19.1 Å². The summed E-state index contributed by atoms with van der Waals surface area (Å²) in [6.45, 7) is 2.20. The predicted molar refractivity (Wildman–Crippen MR) is 83.4 cm³/mol. The minimum atomic E-state index is -0.497. The average Bonchev–Trinajstić information content (AvgIpc) is 2.89. The van der Waals surface area contributed by atoms with Gasteiger partial charge in [-0.15, -0.1) is 0 Å². The Morgan fingerprint density at radius 3 is 2.78 bits per heavy atom. The summed E-state index contributed by atoms with van der Waals surface area (Å²) < 4.78 is 9.96. The van der Waals surface area contributed by atoms with E-state index in [1.807, 2.05) is 0 Å². The van der Waals surface area contributed by atoms with E-state index in [1.165, 1.54) is 35.1 Å². The molecule has 1 fully saturated rings. The van der Waals surface area contributed by atoms with E-state index < -0.39 is 11.9 Å². The molecule has 0 unspecified atom stereocenters. The molecule has 0 spiro atoms. The minimum absolute atomic E-state index is 0.0353. The zero-order valence-corrected chi connectivity index (χ0v) is 13.4.